The highest BCUT2D eigenvalue weighted by atomic mass is 16.4. The summed E-state index contributed by atoms with van der Waals surface area (Å²) in [7, 11) is 0. The molecule has 0 fully saturated rings. The fourth-order valence-electron chi connectivity index (χ4n) is 0.698. The lowest BCUT2D eigenvalue weighted by atomic mass is 10.4. The Morgan fingerprint density at radius 2 is 2.42 bits per heavy atom. The molecule has 7 nitrogen and oxygen atoms in total. The van der Waals surface area contributed by atoms with Crippen LogP contribution in [0.2, 0.25) is 0 Å². The lowest BCUT2D eigenvalue weighted by molar-refractivity contribution is -0.136. The van der Waals surface area contributed by atoms with Gasteiger partial charge in [0, 0.05) is 0 Å². The maximum atomic E-state index is 10.2. The van der Waals surface area contributed by atoms with Crippen LogP contribution in [0.5, 0.6) is 0 Å². The smallest absolute Gasteiger partial charge is 0.311 e. The molecule has 1 aromatic rings. The largest absolute Gasteiger partial charge is 0.481 e. The number of carbonyl (C=O) groups excluding carboxylic acids is 1. The molecule has 0 bridgehead atoms. The first-order valence-electron chi connectivity index (χ1n) is 3.14. The van der Waals surface area contributed by atoms with E-state index in [9.17, 15) is 9.59 Å². The van der Waals surface area contributed by atoms with Crippen molar-refractivity contribution in [3.05, 3.63) is 5.82 Å². The molecule has 0 atom stereocenters. The van der Waals surface area contributed by atoms with Crippen molar-refractivity contribution < 1.29 is 14.7 Å². The van der Waals surface area contributed by atoms with Crippen LogP contribution in [0.25, 0.3) is 0 Å². The van der Waals surface area contributed by atoms with Crippen molar-refractivity contribution in [1.82, 2.24) is 20.2 Å². The molecule has 0 radical (unpaired) electrons. The molecule has 0 aliphatic carbocycles. The topological polar surface area (TPSA) is 98.0 Å². The molecule has 0 amide bonds. The molecule has 64 valence electrons. The molecule has 0 aliphatic rings. The summed E-state index contributed by atoms with van der Waals surface area (Å²) in [6.45, 7) is -0.0182. The highest BCUT2D eigenvalue weighted by Crippen LogP contribution is 1.91. The average molecular weight is 170 g/mol. The number of carboxylic acid groups (broad SMARTS) is 1. The number of tetrazole rings is 1. The van der Waals surface area contributed by atoms with E-state index < -0.39 is 5.97 Å². The van der Waals surface area contributed by atoms with Gasteiger partial charge in [0.1, 0.15) is 19.3 Å². The van der Waals surface area contributed by atoms with Crippen LogP contribution < -0.4 is 0 Å². The van der Waals surface area contributed by atoms with E-state index in [2.05, 4.69) is 15.5 Å². The Morgan fingerprint density at radius 1 is 1.67 bits per heavy atom. The summed E-state index contributed by atoms with van der Waals surface area (Å²) in [5.74, 6) is -0.855. The second-order valence-electron chi connectivity index (χ2n) is 2.01. The van der Waals surface area contributed by atoms with Crippen LogP contribution in [-0.2, 0) is 22.6 Å². The van der Waals surface area contributed by atoms with Gasteiger partial charge in [-0.15, -0.1) is 5.10 Å². The summed E-state index contributed by atoms with van der Waals surface area (Å²) < 4.78 is 1.14. The highest BCUT2D eigenvalue weighted by molar-refractivity contribution is 5.69. The van der Waals surface area contributed by atoms with E-state index >= 15 is 0 Å². The van der Waals surface area contributed by atoms with E-state index in [1.54, 1.807) is 0 Å². The minimum Gasteiger partial charge on any atom is -0.481 e. The van der Waals surface area contributed by atoms with Gasteiger partial charge < -0.3 is 9.90 Å². The number of nitrogens with zero attached hydrogens (tertiary/aromatic N) is 4. The molecule has 0 aliphatic heterocycles. The Balaban J connectivity index is 2.76. The molecule has 0 spiro atoms. The summed E-state index contributed by atoms with van der Waals surface area (Å²) in [4.78, 5) is 20.3. The van der Waals surface area contributed by atoms with Gasteiger partial charge in [-0.25, -0.2) is 4.68 Å². The van der Waals surface area contributed by atoms with E-state index in [1.807, 2.05) is 0 Å². The number of hydrogen-bond acceptors (Lipinski definition) is 5. The highest BCUT2D eigenvalue weighted by Gasteiger charge is 2.08. The summed E-state index contributed by atoms with van der Waals surface area (Å²) in [5, 5.41) is 18.5. The van der Waals surface area contributed by atoms with Crippen LogP contribution in [-0.4, -0.2) is 37.6 Å². The van der Waals surface area contributed by atoms with Crippen LogP contribution in [0.15, 0.2) is 0 Å². The maximum absolute atomic E-state index is 10.2. The van der Waals surface area contributed by atoms with Gasteiger partial charge in [-0.05, 0) is 10.4 Å². The van der Waals surface area contributed by atoms with Crippen LogP contribution in [0.3, 0.4) is 0 Å². The van der Waals surface area contributed by atoms with Crippen molar-refractivity contribution in [2.24, 2.45) is 0 Å². The summed E-state index contributed by atoms with van der Waals surface area (Å²) in [5.41, 5.74) is 0. The number of hydrogen-bond donors (Lipinski definition) is 1. The van der Waals surface area contributed by atoms with Crippen molar-refractivity contribution in [3.8, 4) is 0 Å². The summed E-state index contributed by atoms with van der Waals surface area (Å²) in [6, 6.07) is 0. The monoisotopic (exact) mass is 170 g/mol. The predicted octanol–water partition coefficient (Wildman–Crippen LogP) is -1.50. The number of carboxylic acids is 1. The standard InChI is InChI=1S/C5H6N4O3/c10-2-1-9-4(3-5(11)12)6-7-8-9/h2H,1,3H2,(H,11,12). The Bertz CT molecular complexity index is 295. The Hall–Kier alpha value is -1.79. The van der Waals surface area contributed by atoms with Crippen LogP contribution >= 0.6 is 0 Å². The summed E-state index contributed by atoms with van der Waals surface area (Å²) >= 11 is 0. The number of aromatic nitrogens is 4. The van der Waals surface area contributed by atoms with E-state index in [-0.39, 0.29) is 18.8 Å². The second-order valence-corrected chi connectivity index (χ2v) is 2.01. The fraction of sp³-hybridized carbons (Fsp3) is 0.400. The van der Waals surface area contributed by atoms with Crippen LogP contribution in [0.1, 0.15) is 5.82 Å². The van der Waals surface area contributed by atoms with Gasteiger partial charge in [-0.2, -0.15) is 0 Å². The number of aldehydes is 1. The van der Waals surface area contributed by atoms with E-state index in [4.69, 9.17) is 5.11 Å². The van der Waals surface area contributed by atoms with Gasteiger partial charge in [-0.3, -0.25) is 4.79 Å². The third-order valence-electron chi connectivity index (χ3n) is 1.16. The number of aliphatic carboxylic acids is 1. The van der Waals surface area contributed by atoms with Crippen molar-refractivity contribution in [1.29, 1.82) is 0 Å². The minimum absolute atomic E-state index is 0.0182. The first-order valence-corrected chi connectivity index (χ1v) is 3.14. The van der Waals surface area contributed by atoms with Gasteiger partial charge in [0.25, 0.3) is 0 Å². The first kappa shape index (κ1) is 8.31. The van der Waals surface area contributed by atoms with E-state index in [1.165, 1.54) is 0 Å². The van der Waals surface area contributed by atoms with Gasteiger partial charge in [-0.1, -0.05) is 0 Å². The maximum Gasteiger partial charge on any atom is 0.311 e. The molecule has 12 heavy (non-hydrogen) atoms. The van der Waals surface area contributed by atoms with Crippen LogP contribution in [0, 0.1) is 0 Å². The third-order valence-corrected chi connectivity index (χ3v) is 1.16. The summed E-state index contributed by atoms with van der Waals surface area (Å²) in [6.07, 6.45) is 0.322. The van der Waals surface area contributed by atoms with Gasteiger partial charge in [0.15, 0.2) is 5.82 Å². The zero-order chi connectivity index (χ0) is 8.97. The van der Waals surface area contributed by atoms with Crippen molar-refractivity contribution in [2.75, 3.05) is 0 Å². The van der Waals surface area contributed by atoms with E-state index in [0.717, 1.165) is 4.68 Å². The SMILES string of the molecule is O=CCn1nnnc1CC(=O)O. The van der Waals surface area contributed by atoms with Crippen molar-refractivity contribution >= 4 is 12.3 Å². The molecule has 0 aromatic carbocycles. The molecule has 1 N–H and O–H groups in total. The molecule has 7 heteroatoms. The molecule has 1 heterocycles. The molecular formula is C5H6N4O3. The Labute approximate surface area is 67.0 Å². The van der Waals surface area contributed by atoms with Gasteiger partial charge in [0.05, 0.1) is 0 Å². The second kappa shape index (κ2) is 3.56. The molecule has 1 rings (SSSR count). The van der Waals surface area contributed by atoms with Gasteiger partial charge >= 0.3 is 5.97 Å². The molecule has 1 aromatic heterocycles. The number of carbonyl (C=O) groups is 2. The minimum atomic E-state index is -1.03. The normalized spacial score (nSPS) is 9.67. The Kier molecular flexibility index (Phi) is 2.46. The lowest BCUT2D eigenvalue weighted by Crippen LogP contribution is -2.11. The molecule has 0 unspecified atom stereocenters. The Morgan fingerprint density at radius 3 is 3.00 bits per heavy atom. The van der Waals surface area contributed by atoms with Gasteiger partial charge in [0.2, 0.25) is 0 Å². The average Bonchev–Trinajstić information content (AvgIpc) is 2.37. The fourth-order valence-corrected chi connectivity index (χ4v) is 0.698. The predicted molar refractivity (Wildman–Crippen MR) is 35.2 cm³/mol. The van der Waals surface area contributed by atoms with Crippen LogP contribution in [0.4, 0.5) is 0 Å². The molecule has 0 saturated carbocycles. The zero-order valence-electron chi connectivity index (χ0n) is 6.04. The lowest BCUT2D eigenvalue weighted by Gasteiger charge is -1.94. The number of rotatable bonds is 4. The molecular weight excluding hydrogens is 164 g/mol. The molecule has 0 saturated heterocycles. The van der Waals surface area contributed by atoms with Crippen molar-refractivity contribution in [3.63, 3.8) is 0 Å². The quantitative estimate of drug-likeness (QED) is 0.552. The van der Waals surface area contributed by atoms with E-state index in [0.29, 0.717) is 6.29 Å². The first-order chi connectivity index (χ1) is 5.74. The zero-order valence-corrected chi connectivity index (χ0v) is 6.04. The van der Waals surface area contributed by atoms with Crippen molar-refractivity contribution in [2.45, 2.75) is 13.0 Å². The third kappa shape index (κ3) is 1.84.